The van der Waals surface area contributed by atoms with Crippen molar-refractivity contribution in [3.63, 3.8) is 0 Å². The normalized spacial score (nSPS) is 19.0. The summed E-state index contributed by atoms with van der Waals surface area (Å²) >= 11 is 0. The van der Waals surface area contributed by atoms with Gasteiger partial charge in [-0.1, -0.05) is 0 Å². The van der Waals surface area contributed by atoms with Gasteiger partial charge in [0.2, 0.25) is 0 Å². The number of pyridine rings is 2. The molecule has 0 atom stereocenters. The Hall–Kier alpha value is -2.61. The number of carbonyl (C=O) groups is 1. The molecule has 0 aliphatic heterocycles. The smallest absolute Gasteiger partial charge is 0.407 e. The molecule has 0 saturated heterocycles. The molecule has 4 rings (SSSR count). The van der Waals surface area contributed by atoms with Gasteiger partial charge >= 0.3 is 6.09 Å². The fourth-order valence-corrected chi connectivity index (χ4v) is 4.18. The Morgan fingerprint density at radius 1 is 1.07 bits per heavy atom. The van der Waals surface area contributed by atoms with Crippen LogP contribution in [0.4, 0.5) is 13.6 Å². The van der Waals surface area contributed by atoms with Crippen molar-refractivity contribution in [2.75, 3.05) is 7.11 Å². The number of aromatic nitrogens is 2. The number of hydrogen-bond donors (Lipinski definition) is 2. The summed E-state index contributed by atoms with van der Waals surface area (Å²) in [4.78, 5) is 20.2. The van der Waals surface area contributed by atoms with E-state index in [9.17, 15) is 9.18 Å². The third-order valence-corrected chi connectivity index (χ3v) is 6.19. The largest absolute Gasteiger partial charge is 0.453 e. The zero-order valence-corrected chi connectivity index (χ0v) is 16.3. The first-order valence-corrected chi connectivity index (χ1v) is 9.86. The summed E-state index contributed by atoms with van der Waals surface area (Å²) < 4.78 is 34.3. The Kier molecular flexibility index (Phi) is 5.21. The number of methoxy groups -OCH3 is 1. The maximum Gasteiger partial charge on any atom is 0.407 e. The monoisotopic (exact) mass is 402 g/mol. The third-order valence-electron chi connectivity index (χ3n) is 6.19. The number of amides is 1. The third kappa shape index (κ3) is 3.46. The summed E-state index contributed by atoms with van der Waals surface area (Å²) in [6.07, 6.45) is 7.04. The molecule has 29 heavy (non-hydrogen) atoms. The Morgan fingerprint density at radius 3 is 2.34 bits per heavy atom. The molecule has 0 spiro atoms. The van der Waals surface area contributed by atoms with Crippen molar-refractivity contribution in [3.8, 4) is 0 Å². The number of alkyl carbamates (subject to hydrolysis) is 1. The predicted molar refractivity (Wildman–Crippen MR) is 102 cm³/mol. The second kappa shape index (κ2) is 7.67. The molecule has 2 heterocycles. The number of nitrogens with zero attached hydrogens (tertiary/aromatic N) is 2. The van der Waals surface area contributed by atoms with Crippen molar-refractivity contribution in [2.24, 2.45) is 0 Å². The second-order valence-electron chi connectivity index (χ2n) is 7.81. The first kappa shape index (κ1) is 19.7. The lowest BCUT2D eigenvalue weighted by molar-refractivity contribution is 0.123. The van der Waals surface area contributed by atoms with Gasteiger partial charge in [0.15, 0.2) is 5.82 Å². The van der Waals surface area contributed by atoms with Gasteiger partial charge in [0.1, 0.15) is 11.5 Å². The highest BCUT2D eigenvalue weighted by atomic mass is 19.1. The van der Waals surface area contributed by atoms with E-state index in [1.807, 2.05) is 0 Å². The fraction of sp³-hybridized carbons (Fsp3) is 0.476. The zero-order valence-electron chi connectivity index (χ0n) is 16.3. The van der Waals surface area contributed by atoms with Gasteiger partial charge in [0.05, 0.1) is 23.9 Å². The maximum atomic E-state index is 15.3. The Bertz CT molecular complexity index is 913. The average molecular weight is 402 g/mol. The molecule has 2 N–H and O–H groups in total. The predicted octanol–water partition coefficient (Wildman–Crippen LogP) is 3.66. The fourth-order valence-electron chi connectivity index (χ4n) is 4.18. The van der Waals surface area contributed by atoms with Crippen molar-refractivity contribution in [2.45, 2.75) is 56.1 Å². The van der Waals surface area contributed by atoms with Gasteiger partial charge in [-0.05, 0) is 56.7 Å². The lowest BCUT2D eigenvalue weighted by Crippen LogP contribution is -2.52. The Morgan fingerprint density at radius 2 is 1.76 bits per heavy atom. The molecule has 2 saturated carbocycles. The minimum Gasteiger partial charge on any atom is -0.453 e. The standard InChI is InChI=1S/C21H24F2N4O2/c1-29-19(28)27-21(9-4-10-21)18-16(23)14(6-12-25-18)13-26-20(7-3-8-20)17-15(22)5-2-11-24-17/h2,5-6,11-12,26H,3-4,7-10,13H2,1H3,(H,27,28). The maximum absolute atomic E-state index is 15.3. The van der Waals surface area contributed by atoms with E-state index in [2.05, 4.69) is 20.6 Å². The average Bonchev–Trinajstić information content (AvgIpc) is 2.66. The van der Waals surface area contributed by atoms with Gasteiger partial charge < -0.3 is 15.4 Å². The van der Waals surface area contributed by atoms with Crippen LogP contribution in [0.3, 0.4) is 0 Å². The molecule has 2 aliphatic carbocycles. The molecule has 154 valence electrons. The van der Waals surface area contributed by atoms with Crippen molar-refractivity contribution in [1.29, 1.82) is 0 Å². The van der Waals surface area contributed by atoms with Crippen molar-refractivity contribution >= 4 is 6.09 Å². The van der Waals surface area contributed by atoms with Crippen molar-refractivity contribution in [1.82, 2.24) is 20.6 Å². The van der Waals surface area contributed by atoms with E-state index < -0.39 is 23.0 Å². The molecule has 8 heteroatoms. The molecule has 0 radical (unpaired) electrons. The number of halogens is 2. The van der Waals surface area contributed by atoms with Gasteiger partial charge in [-0.2, -0.15) is 0 Å². The molecule has 2 aliphatic rings. The molecular weight excluding hydrogens is 378 g/mol. The summed E-state index contributed by atoms with van der Waals surface area (Å²) in [7, 11) is 1.28. The first-order valence-electron chi connectivity index (χ1n) is 9.86. The van der Waals surface area contributed by atoms with Crippen LogP contribution in [-0.2, 0) is 22.4 Å². The van der Waals surface area contributed by atoms with Gasteiger partial charge in [-0.15, -0.1) is 0 Å². The first-order chi connectivity index (χ1) is 14.0. The van der Waals surface area contributed by atoms with E-state index in [0.717, 1.165) is 25.7 Å². The summed E-state index contributed by atoms with van der Waals surface area (Å²) in [6.45, 7) is 0.214. The van der Waals surface area contributed by atoms with Crippen LogP contribution in [0.2, 0.25) is 0 Å². The van der Waals surface area contributed by atoms with Crippen LogP contribution in [0.1, 0.15) is 55.5 Å². The van der Waals surface area contributed by atoms with Crippen molar-refractivity contribution in [3.05, 3.63) is 59.2 Å². The number of hydrogen-bond acceptors (Lipinski definition) is 5. The highest BCUT2D eigenvalue weighted by Crippen LogP contribution is 2.43. The SMILES string of the molecule is COC(=O)NC1(c2nccc(CNC3(c4ncccc4F)CCC3)c2F)CCC1. The minimum absolute atomic E-state index is 0.214. The molecule has 0 unspecified atom stereocenters. The Labute approximate surface area is 168 Å². The molecular formula is C21H24F2N4O2. The molecule has 2 aromatic heterocycles. The quantitative estimate of drug-likeness (QED) is 0.771. The van der Waals surface area contributed by atoms with E-state index in [-0.39, 0.29) is 18.1 Å². The lowest BCUT2D eigenvalue weighted by atomic mass is 9.73. The molecule has 6 nitrogen and oxygen atoms in total. The molecule has 2 aromatic rings. The van der Waals surface area contributed by atoms with Crippen LogP contribution < -0.4 is 10.6 Å². The van der Waals surface area contributed by atoms with Crippen LogP contribution in [0.5, 0.6) is 0 Å². The Balaban J connectivity index is 1.57. The van der Waals surface area contributed by atoms with E-state index in [0.29, 0.717) is 24.1 Å². The number of nitrogens with one attached hydrogen (secondary N) is 2. The topological polar surface area (TPSA) is 76.1 Å². The number of rotatable bonds is 6. The van der Waals surface area contributed by atoms with Gasteiger partial charge in [-0.25, -0.2) is 13.6 Å². The second-order valence-corrected chi connectivity index (χ2v) is 7.81. The number of ether oxygens (including phenoxy) is 1. The number of carbonyl (C=O) groups excluding carboxylic acids is 1. The van der Waals surface area contributed by atoms with Crippen LogP contribution in [-0.4, -0.2) is 23.2 Å². The van der Waals surface area contributed by atoms with E-state index in [4.69, 9.17) is 4.74 Å². The molecule has 0 aromatic carbocycles. The summed E-state index contributed by atoms with van der Waals surface area (Å²) in [5.74, 6) is -0.807. The van der Waals surface area contributed by atoms with Gasteiger partial charge in [0.25, 0.3) is 0 Å². The van der Waals surface area contributed by atoms with Crippen LogP contribution in [0.25, 0.3) is 0 Å². The van der Waals surface area contributed by atoms with Crippen LogP contribution in [0, 0.1) is 11.6 Å². The van der Waals surface area contributed by atoms with Crippen LogP contribution in [0.15, 0.2) is 30.6 Å². The minimum atomic E-state index is -0.839. The highest BCUT2D eigenvalue weighted by molar-refractivity contribution is 5.68. The van der Waals surface area contributed by atoms with E-state index in [1.165, 1.54) is 13.2 Å². The highest BCUT2D eigenvalue weighted by Gasteiger charge is 2.45. The summed E-state index contributed by atoms with van der Waals surface area (Å²) in [6, 6.07) is 4.57. The summed E-state index contributed by atoms with van der Waals surface area (Å²) in [5.41, 5.74) is -0.395. The van der Waals surface area contributed by atoms with E-state index >= 15 is 4.39 Å². The molecule has 2 fully saturated rings. The molecule has 1 amide bonds. The van der Waals surface area contributed by atoms with Gasteiger partial charge in [-0.3, -0.25) is 9.97 Å². The van der Waals surface area contributed by atoms with E-state index in [1.54, 1.807) is 24.5 Å². The zero-order chi connectivity index (χ0) is 20.5. The van der Waals surface area contributed by atoms with Crippen molar-refractivity contribution < 1.29 is 18.3 Å². The lowest BCUT2D eigenvalue weighted by Gasteiger charge is -2.43. The van der Waals surface area contributed by atoms with Crippen LogP contribution >= 0.6 is 0 Å². The van der Waals surface area contributed by atoms with Gasteiger partial charge in [0, 0.05) is 24.5 Å². The molecule has 0 bridgehead atoms. The summed E-state index contributed by atoms with van der Waals surface area (Å²) in [5, 5.41) is 6.08.